The van der Waals surface area contributed by atoms with Crippen LogP contribution < -0.4 is 0 Å². The zero-order chi connectivity index (χ0) is 29.3. The van der Waals surface area contributed by atoms with Gasteiger partial charge in [-0.2, -0.15) is 0 Å². The molecule has 0 aromatic heterocycles. The molecule has 0 unspecified atom stereocenters. The van der Waals surface area contributed by atoms with E-state index in [1.165, 1.54) is 0 Å². The van der Waals surface area contributed by atoms with Crippen molar-refractivity contribution in [3.63, 3.8) is 0 Å². The Morgan fingerprint density at radius 3 is 0.400 bits per heavy atom. The molecule has 0 radical (unpaired) electrons. The molecule has 0 aliphatic rings. The van der Waals surface area contributed by atoms with Gasteiger partial charge in [-0.1, -0.05) is 69.2 Å². The lowest BCUT2D eigenvalue weighted by atomic mass is 10.1. The number of carbonyl (C=O) groups excluding carboxylic acids is 5. The first-order chi connectivity index (χ1) is 15.6. The van der Waals surface area contributed by atoms with Crippen LogP contribution in [-0.4, -0.2) is 28.9 Å². The first-order valence-electron chi connectivity index (χ1n) is 13.1. The van der Waals surface area contributed by atoms with Crippen LogP contribution >= 0.6 is 0 Å². The van der Waals surface area contributed by atoms with E-state index in [-0.39, 0.29) is 28.9 Å². The van der Waals surface area contributed by atoms with Crippen LogP contribution in [0, 0.1) is 29.6 Å². The summed E-state index contributed by atoms with van der Waals surface area (Å²) in [6, 6.07) is 0. The summed E-state index contributed by atoms with van der Waals surface area (Å²) in [6.07, 6.45) is 3.61. The lowest BCUT2D eigenvalue weighted by molar-refractivity contribution is -0.118. The average molecular weight is 501 g/mol. The van der Waals surface area contributed by atoms with Crippen molar-refractivity contribution in [3.05, 3.63) is 0 Å². The minimum atomic E-state index is 0.287. The molecule has 5 heteroatoms. The highest BCUT2D eigenvalue weighted by molar-refractivity contribution is 5.76. The van der Waals surface area contributed by atoms with E-state index in [1.807, 2.05) is 69.2 Å². The summed E-state index contributed by atoms with van der Waals surface area (Å²) >= 11 is 0. The third-order valence-electron chi connectivity index (χ3n) is 3.48. The SMILES string of the molecule is CC(=O)CC(C)C.CC(=O)CC(C)C.CC(=O)CC(C)C.CC(=O)CC(C)C.CC(=O)CC(C)C. The molecular formula is C30H60O5. The fourth-order valence-electron chi connectivity index (χ4n) is 2.87. The molecule has 0 rings (SSSR count). The van der Waals surface area contributed by atoms with Gasteiger partial charge >= 0.3 is 0 Å². The summed E-state index contributed by atoms with van der Waals surface area (Å²) in [5.74, 6) is 4.06. The van der Waals surface area contributed by atoms with E-state index in [1.54, 1.807) is 34.6 Å². The lowest BCUT2D eigenvalue weighted by Crippen LogP contribution is -1.95. The van der Waals surface area contributed by atoms with E-state index in [9.17, 15) is 24.0 Å². The molecule has 0 aliphatic carbocycles. The molecule has 35 heavy (non-hydrogen) atoms. The maximum atomic E-state index is 10.3. The van der Waals surface area contributed by atoms with Crippen molar-refractivity contribution in [1.82, 2.24) is 0 Å². The smallest absolute Gasteiger partial charge is 0.130 e. The number of ketones is 5. The predicted octanol–water partition coefficient (Wildman–Crippen LogP) is 8.11. The first-order valence-corrected chi connectivity index (χ1v) is 13.1. The number of rotatable bonds is 10. The van der Waals surface area contributed by atoms with Crippen molar-refractivity contribution in [2.75, 3.05) is 0 Å². The molecule has 0 spiro atoms. The van der Waals surface area contributed by atoms with Gasteiger partial charge in [-0.15, -0.1) is 0 Å². The second-order valence-electron chi connectivity index (χ2n) is 11.5. The maximum absolute atomic E-state index is 10.3. The van der Waals surface area contributed by atoms with Crippen LogP contribution in [0.4, 0.5) is 0 Å². The molecule has 0 aromatic rings. The van der Waals surface area contributed by atoms with Gasteiger partial charge in [0.2, 0.25) is 0 Å². The zero-order valence-corrected chi connectivity index (χ0v) is 26.0. The molecule has 0 atom stereocenters. The van der Waals surface area contributed by atoms with Crippen molar-refractivity contribution in [2.24, 2.45) is 29.6 Å². The van der Waals surface area contributed by atoms with Crippen LogP contribution in [0.15, 0.2) is 0 Å². The number of Topliss-reactive ketones (excluding diaryl/α,β-unsaturated/α-hetero) is 5. The van der Waals surface area contributed by atoms with Gasteiger partial charge in [0.15, 0.2) is 0 Å². The van der Waals surface area contributed by atoms with E-state index in [4.69, 9.17) is 0 Å². The number of hydrogen-bond donors (Lipinski definition) is 0. The largest absolute Gasteiger partial charge is 0.300 e. The van der Waals surface area contributed by atoms with Gasteiger partial charge in [-0.05, 0) is 64.2 Å². The van der Waals surface area contributed by atoms with E-state index in [0.717, 1.165) is 32.1 Å². The zero-order valence-electron chi connectivity index (χ0n) is 26.0. The van der Waals surface area contributed by atoms with E-state index >= 15 is 0 Å². The Morgan fingerprint density at radius 2 is 0.400 bits per heavy atom. The van der Waals surface area contributed by atoms with Crippen LogP contribution in [0.25, 0.3) is 0 Å². The van der Waals surface area contributed by atoms with Crippen molar-refractivity contribution < 1.29 is 24.0 Å². The summed E-state index contributed by atoms with van der Waals surface area (Å²) in [5, 5.41) is 0. The molecule has 0 aromatic carbocycles. The Hall–Kier alpha value is -1.65. The Bertz CT molecular complexity index is 439. The molecule has 0 saturated heterocycles. The van der Waals surface area contributed by atoms with Crippen LogP contribution in [0.2, 0.25) is 0 Å². The van der Waals surface area contributed by atoms with Gasteiger partial charge in [0, 0.05) is 32.1 Å². The Labute approximate surface area is 218 Å². The van der Waals surface area contributed by atoms with Gasteiger partial charge in [0.05, 0.1) is 0 Å². The quantitative estimate of drug-likeness (QED) is 0.302. The molecule has 0 fully saturated rings. The predicted molar refractivity (Wildman–Crippen MR) is 151 cm³/mol. The Morgan fingerprint density at radius 1 is 0.314 bits per heavy atom. The van der Waals surface area contributed by atoms with Crippen LogP contribution in [0.3, 0.4) is 0 Å². The second-order valence-corrected chi connectivity index (χ2v) is 11.5. The van der Waals surface area contributed by atoms with E-state index in [0.29, 0.717) is 29.6 Å². The molecule has 5 nitrogen and oxygen atoms in total. The topological polar surface area (TPSA) is 85.3 Å². The summed E-state index contributed by atoms with van der Waals surface area (Å²) in [4.78, 5) is 51.3. The molecule has 0 saturated carbocycles. The summed E-state index contributed by atoms with van der Waals surface area (Å²) in [5.41, 5.74) is 0. The normalized spacial score (nSPS) is 9.71. The minimum absolute atomic E-state index is 0.287. The van der Waals surface area contributed by atoms with Crippen molar-refractivity contribution in [2.45, 2.75) is 136 Å². The molecule has 0 N–H and O–H groups in total. The van der Waals surface area contributed by atoms with Crippen molar-refractivity contribution in [1.29, 1.82) is 0 Å². The third-order valence-corrected chi connectivity index (χ3v) is 3.48. The van der Waals surface area contributed by atoms with E-state index in [2.05, 4.69) is 0 Å². The first kappa shape index (κ1) is 43.4. The molecular weight excluding hydrogens is 440 g/mol. The van der Waals surface area contributed by atoms with Gasteiger partial charge < -0.3 is 24.0 Å². The molecule has 0 aliphatic heterocycles. The molecule has 0 heterocycles. The fourth-order valence-corrected chi connectivity index (χ4v) is 2.87. The van der Waals surface area contributed by atoms with Gasteiger partial charge in [-0.3, -0.25) is 0 Å². The number of carbonyl (C=O) groups is 5. The van der Waals surface area contributed by atoms with Gasteiger partial charge in [0.1, 0.15) is 28.9 Å². The lowest BCUT2D eigenvalue weighted by Gasteiger charge is -1.95. The van der Waals surface area contributed by atoms with Crippen LogP contribution in [0.5, 0.6) is 0 Å². The summed E-state index contributed by atoms with van der Waals surface area (Å²) in [6.45, 7) is 28.6. The summed E-state index contributed by atoms with van der Waals surface area (Å²) < 4.78 is 0. The fraction of sp³-hybridized carbons (Fsp3) is 0.833. The highest BCUT2D eigenvalue weighted by Gasteiger charge is 1.97. The second kappa shape index (κ2) is 28.6. The monoisotopic (exact) mass is 500 g/mol. The maximum Gasteiger partial charge on any atom is 0.130 e. The Kier molecular flexibility index (Phi) is 35.5. The average Bonchev–Trinajstić information content (AvgIpc) is 2.49. The summed E-state index contributed by atoms with van der Waals surface area (Å²) in [7, 11) is 0. The van der Waals surface area contributed by atoms with Crippen molar-refractivity contribution in [3.8, 4) is 0 Å². The van der Waals surface area contributed by atoms with Crippen LogP contribution in [-0.2, 0) is 24.0 Å². The third kappa shape index (κ3) is 88.5. The standard InChI is InChI=1S/5C6H12O/c5*1-5(2)4-6(3)7/h5*5H,4H2,1-3H3. The van der Waals surface area contributed by atoms with Crippen LogP contribution in [0.1, 0.15) is 136 Å². The highest BCUT2D eigenvalue weighted by atomic mass is 16.1. The molecule has 0 bridgehead atoms. The van der Waals surface area contributed by atoms with Gasteiger partial charge in [0.25, 0.3) is 0 Å². The van der Waals surface area contributed by atoms with Crippen molar-refractivity contribution >= 4 is 28.9 Å². The van der Waals surface area contributed by atoms with E-state index < -0.39 is 0 Å². The highest BCUT2D eigenvalue weighted by Crippen LogP contribution is 2.00. The van der Waals surface area contributed by atoms with Gasteiger partial charge in [-0.25, -0.2) is 0 Å². The molecule has 210 valence electrons. The minimum Gasteiger partial charge on any atom is -0.300 e. The Balaban J connectivity index is -0.000000107. The number of hydrogen-bond acceptors (Lipinski definition) is 5. The molecule has 0 amide bonds.